The molecule has 0 aliphatic carbocycles. The number of carbonyl (C=O) groups is 1. The van der Waals surface area contributed by atoms with E-state index < -0.39 is 5.76 Å². The van der Waals surface area contributed by atoms with Crippen LogP contribution in [0.2, 0.25) is 0 Å². The summed E-state index contributed by atoms with van der Waals surface area (Å²) in [7, 11) is 0. The molecule has 0 radical (unpaired) electrons. The maximum atomic E-state index is 12.7. The zero-order valence-electron chi connectivity index (χ0n) is 16.2. The normalized spacial score (nSPS) is 10.9. The number of amides is 1. The van der Waals surface area contributed by atoms with E-state index in [-0.39, 0.29) is 5.91 Å². The Morgan fingerprint density at radius 1 is 1.23 bits per heavy atom. The lowest BCUT2D eigenvalue weighted by Crippen LogP contribution is -2.27. The Bertz CT molecular complexity index is 1050. The van der Waals surface area contributed by atoms with Crippen molar-refractivity contribution < 1.29 is 13.6 Å². The Kier molecular flexibility index (Phi) is 7.58. The summed E-state index contributed by atoms with van der Waals surface area (Å²) >= 11 is 5.66. The van der Waals surface area contributed by atoms with E-state index in [9.17, 15) is 13.6 Å². The molecule has 1 amide bonds. The minimum Gasteiger partial charge on any atom is -0.355 e. The average Bonchev–Trinajstić information content (AvgIpc) is 3.09. The third kappa shape index (κ3) is 5.67. The molecular formula is C20H21F2N5OS2. The molecule has 1 aromatic heterocycles. The predicted octanol–water partition coefficient (Wildman–Crippen LogP) is 4.99. The van der Waals surface area contributed by atoms with Crippen LogP contribution in [0.1, 0.15) is 23.1 Å². The molecule has 3 N–H and O–H groups in total. The van der Waals surface area contributed by atoms with Gasteiger partial charge in [0.1, 0.15) is 5.82 Å². The maximum Gasteiger partial charge on any atom is 0.288 e. The topological polar surface area (TPSA) is 74.7 Å². The molecule has 3 rings (SSSR count). The summed E-state index contributed by atoms with van der Waals surface area (Å²) in [6, 6.07) is 13.7. The molecule has 0 bridgehead atoms. The largest absolute Gasteiger partial charge is 0.355 e. The second-order valence-electron chi connectivity index (χ2n) is 6.27. The van der Waals surface area contributed by atoms with Crippen molar-refractivity contribution in [2.45, 2.75) is 30.5 Å². The number of carbonyl (C=O) groups excluding carboxylic acids is 1. The predicted molar refractivity (Wildman–Crippen MR) is 117 cm³/mol. The van der Waals surface area contributed by atoms with Gasteiger partial charge in [0.15, 0.2) is 4.77 Å². The summed E-state index contributed by atoms with van der Waals surface area (Å²) < 4.78 is 27.4. The molecule has 0 saturated heterocycles. The molecule has 1 heterocycles. The molecule has 6 nitrogen and oxygen atoms in total. The molecule has 0 spiro atoms. The van der Waals surface area contributed by atoms with E-state index in [0.29, 0.717) is 57.9 Å². The number of aromatic amines is 1. The number of anilines is 2. The van der Waals surface area contributed by atoms with Gasteiger partial charge in [-0.1, -0.05) is 23.9 Å². The number of para-hydroxylation sites is 1. The summed E-state index contributed by atoms with van der Waals surface area (Å²) in [5, 5.41) is 13.0. The van der Waals surface area contributed by atoms with E-state index in [1.807, 2.05) is 17.6 Å². The first kappa shape index (κ1) is 22.0. The SMILES string of the molecule is CCn1c(CCNC(=O)c2ccccc2Nc2ccc(SC(F)F)cc2)n[nH]c1=S. The van der Waals surface area contributed by atoms with Gasteiger partial charge in [-0.3, -0.25) is 9.89 Å². The number of nitrogens with one attached hydrogen (secondary N) is 3. The number of benzene rings is 2. The van der Waals surface area contributed by atoms with E-state index in [0.717, 1.165) is 5.82 Å². The monoisotopic (exact) mass is 449 g/mol. The Balaban J connectivity index is 1.64. The standard InChI is InChI=1S/C20H21F2N5OS2/c1-2-27-17(25-26-20(27)29)11-12-23-18(28)15-5-3-4-6-16(15)24-13-7-9-14(10-8-13)30-19(21)22/h3-10,19,24H,2,11-12H2,1H3,(H,23,28)(H,26,29). The molecule has 0 aliphatic heterocycles. The highest BCUT2D eigenvalue weighted by molar-refractivity contribution is 7.99. The fourth-order valence-corrected chi connectivity index (χ4v) is 3.69. The lowest BCUT2D eigenvalue weighted by molar-refractivity contribution is 0.0954. The molecule has 0 aliphatic rings. The van der Waals surface area contributed by atoms with Gasteiger partial charge in [-0.25, -0.2) is 0 Å². The minimum absolute atomic E-state index is 0.222. The third-order valence-corrected chi connectivity index (χ3v) is 5.35. The number of hydrogen-bond acceptors (Lipinski definition) is 5. The fraction of sp³-hybridized carbons (Fsp3) is 0.250. The molecule has 0 fully saturated rings. The van der Waals surface area contributed by atoms with Crippen LogP contribution in [0.3, 0.4) is 0 Å². The van der Waals surface area contributed by atoms with Crippen LogP contribution in [0.25, 0.3) is 0 Å². The molecule has 158 valence electrons. The fourth-order valence-electron chi connectivity index (χ4n) is 2.92. The van der Waals surface area contributed by atoms with Gasteiger partial charge in [-0.15, -0.1) is 0 Å². The minimum atomic E-state index is -2.46. The first-order valence-electron chi connectivity index (χ1n) is 9.31. The summed E-state index contributed by atoms with van der Waals surface area (Å²) in [4.78, 5) is 13.2. The van der Waals surface area contributed by atoms with Crippen molar-refractivity contribution in [2.75, 3.05) is 11.9 Å². The first-order valence-corrected chi connectivity index (χ1v) is 10.6. The van der Waals surface area contributed by atoms with Gasteiger partial charge >= 0.3 is 0 Å². The van der Waals surface area contributed by atoms with E-state index in [4.69, 9.17) is 12.2 Å². The number of aromatic nitrogens is 3. The van der Waals surface area contributed by atoms with Gasteiger partial charge in [0.05, 0.1) is 11.3 Å². The van der Waals surface area contributed by atoms with Crippen molar-refractivity contribution >= 4 is 41.3 Å². The van der Waals surface area contributed by atoms with Crippen LogP contribution in [0, 0.1) is 4.77 Å². The van der Waals surface area contributed by atoms with Gasteiger partial charge in [0, 0.05) is 30.1 Å². The van der Waals surface area contributed by atoms with Crippen LogP contribution in [0.5, 0.6) is 0 Å². The van der Waals surface area contributed by atoms with Crippen LogP contribution < -0.4 is 10.6 Å². The maximum absolute atomic E-state index is 12.7. The summed E-state index contributed by atoms with van der Waals surface area (Å²) in [6.07, 6.45) is 0.547. The van der Waals surface area contributed by atoms with Crippen LogP contribution in [-0.2, 0) is 13.0 Å². The van der Waals surface area contributed by atoms with Crippen molar-refractivity contribution in [1.29, 1.82) is 0 Å². The summed E-state index contributed by atoms with van der Waals surface area (Å²) in [5.41, 5.74) is 1.81. The van der Waals surface area contributed by atoms with Crippen molar-refractivity contribution in [2.24, 2.45) is 0 Å². The number of rotatable bonds is 9. The Labute approximate surface area is 182 Å². The van der Waals surface area contributed by atoms with Crippen LogP contribution in [0.4, 0.5) is 20.2 Å². The lowest BCUT2D eigenvalue weighted by Gasteiger charge is -2.13. The molecule has 30 heavy (non-hydrogen) atoms. The van der Waals surface area contributed by atoms with Crippen molar-refractivity contribution in [3.05, 3.63) is 64.7 Å². The number of halogens is 2. The van der Waals surface area contributed by atoms with E-state index in [1.54, 1.807) is 42.5 Å². The zero-order valence-corrected chi connectivity index (χ0v) is 17.8. The van der Waals surface area contributed by atoms with Gasteiger partial charge in [-0.2, -0.15) is 13.9 Å². The highest BCUT2D eigenvalue weighted by atomic mass is 32.2. The van der Waals surface area contributed by atoms with Crippen LogP contribution in [0.15, 0.2) is 53.4 Å². The zero-order chi connectivity index (χ0) is 21.5. The van der Waals surface area contributed by atoms with E-state index >= 15 is 0 Å². The number of alkyl halides is 2. The van der Waals surface area contributed by atoms with E-state index in [1.165, 1.54) is 0 Å². The van der Waals surface area contributed by atoms with Crippen molar-refractivity contribution in [3.8, 4) is 0 Å². The van der Waals surface area contributed by atoms with Crippen molar-refractivity contribution in [3.63, 3.8) is 0 Å². The average molecular weight is 450 g/mol. The van der Waals surface area contributed by atoms with Gasteiger partial charge in [0.2, 0.25) is 0 Å². The number of nitrogens with zero attached hydrogens (tertiary/aromatic N) is 2. The van der Waals surface area contributed by atoms with Gasteiger partial charge in [-0.05, 0) is 55.5 Å². The van der Waals surface area contributed by atoms with E-state index in [2.05, 4.69) is 20.8 Å². The molecular weight excluding hydrogens is 428 g/mol. The van der Waals surface area contributed by atoms with Crippen LogP contribution >= 0.6 is 24.0 Å². The van der Waals surface area contributed by atoms with Crippen LogP contribution in [-0.4, -0.2) is 33.0 Å². The third-order valence-electron chi connectivity index (χ3n) is 4.32. The van der Waals surface area contributed by atoms with Gasteiger partial charge < -0.3 is 15.2 Å². The highest BCUT2D eigenvalue weighted by Crippen LogP contribution is 2.27. The molecule has 0 unspecified atom stereocenters. The Morgan fingerprint density at radius 2 is 1.97 bits per heavy atom. The number of hydrogen-bond donors (Lipinski definition) is 3. The molecule has 2 aromatic carbocycles. The molecule has 10 heteroatoms. The van der Waals surface area contributed by atoms with Gasteiger partial charge in [0.25, 0.3) is 11.7 Å². The summed E-state index contributed by atoms with van der Waals surface area (Å²) in [5.74, 6) is -1.89. The summed E-state index contributed by atoms with van der Waals surface area (Å²) in [6.45, 7) is 3.10. The Hall–Kier alpha value is -2.72. The lowest BCUT2D eigenvalue weighted by atomic mass is 10.1. The smallest absolute Gasteiger partial charge is 0.288 e. The quantitative estimate of drug-likeness (QED) is 0.317. The highest BCUT2D eigenvalue weighted by Gasteiger charge is 2.12. The second-order valence-corrected chi connectivity index (χ2v) is 7.72. The second kappa shape index (κ2) is 10.4. The molecule has 0 saturated carbocycles. The Morgan fingerprint density at radius 3 is 2.67 bits per heavy atom. The number of H-pyrrole nitrogens is 1. The number of thioether (sulfide) groups is 1. The molecule has 3 aromatic rings. The first-order chi connectivity index (χ1) is 14.5. The van der Waals surface area contributed by atoms with Crippen molar-refractivity contribution in [1.82, 2.24) is 20.1 Å². The molecule has 0 atom stereocenters.